The molecule has 1 aliphatic carbocycles. The summed E-state index contributed by atoms with van der Waals surface area (Å²) < 4.78 is 0. The quantitative estimate of drug-likeness (QED) is 0.823. The number of thiophene rings is 1. The summed E-state index contributed by atoms with van der Waals surface area (Å²) in [5.41, 5.74) is 8.52. The SMILES string of the molecule is Cc1nnc2sc(C(=O)NC3CCN(C(=O)C4CCCCC4)C3)c(N)c2c1C. The number of fused-ring (bicyclic) bond motifs is 1. The first kappa shape index (κ1) is 19.1. The minimum Gasteiger partial charge on any atom is -0.397 e. The Balaban J connectivity index is 1.43. The van der Waals surface area contributed by atoms with Gasteiger partial charge in [0.1, 0.15) is 9.71 Å². The van der Waals surface area contributed by atoms with Crippen LogP contribution in [0.4, 0.5) is 5.69 Å². The Labute approximate surface area is 168 Å². The predicted octanol–water partition coefficient (Wildman–Crippen LogP) is 2.80. The summed E-state index contributed by atoms with van der Waals surface area (Å²) in [6, 6.07) is -0.0291. The molecule has 2 fully saturated rings. The number of carbonyl (C=O) groups is 2. The minimum absolute atomic E-state index is 0.0291. The van der Waals surface area contributed by atoms with Crippen molar-refractivity contribution in [3.63, 3.8) is 0 Å². The lowest BCUT2D eigenvalue weighted by atomic mass is 9.88. The molecule has 28 heavy (non-hydrogen) atoms. The number of amides is 2. The van der Waals surface area contributed by atoms with Crippen molar-refractivity contribution in [2.75, 3.05) is 18.8 Å². The van der Waals surface area contributed by atoms with Gasteiger partial charge in [-0.2, -0.15) is 5.10 Å². The van der Waals surface area contributed by atoms with Crippen molar-refractivity contribution in [1.82, 2.24) is 20.4 Å². The molecule has 150 valence electrons. The number of nitrogens with one attached hydrogen (secondary N) is 1. The topological polar surface area (TPSA) is 101 Å². The molecule has 0 bridgehead atoms. The van der Waals surface area contributed by atoms with Gasteiger partial charge in [-0.25, -0.2) is 0 Å². The molecule has 0 spiro atoms. The van der Waals surface area contributed by atoms with Gasteiger partial charge in [0.2, 0.25) is 5.91 Å². The molecular formula is C20H27N5O2S. The molecule has 2 aromatic heterocycles. The fourth-order valence-electron chi connectivity index (χ4n) is 4.35. The monoisotopic (exact) mass is 401 g/mol. The van der Waals surface area contributed by atoms with E-state index >= 15 is 0 Å². The molecule has 1 saturated heterocycles. The number of nitrogens with two attached hydrogens (primary N) is 1. The molecule has 7 nitrogen and oxygen atoms in total. The zero-order valence-corrected chi connectivity index (χ0v) is 17.3. The Morgan fingerprint density at radius 3 is 2.64 bits per heavy atom. The highest BCUT2D eigenvalue weighted by Crippen LogP contribution is 2.35. The van der Waals surface area contributed by atoms with Gasteiger partial charge in [-0.1, -0.05) is 19.3 Å². The third-order valence-electron chi connectivity index (χ3n) is 6.13. The van der Waals surface area contributed by atoms with Crippen LogP contribution in [0.2, 0.25) is 0 Å². The second-order valence-corrected chi connectivity index (χ2v) is 9.01. The molecule has 1 atom stereocenters. The van der Waals surface area contributed by atoms with Crippen molar-refractivity contribution in [3.05, 3.63) is 16.1 Å². The highest BCUT2D eigenvalue weighted by Gasteiger charge is 2.32. The van der Waals surface area contributed by atoms with Crippen molar-refractivity contribution < 1.29 is 9.59 Å². The first-order valence-corrected chi connectivity index (χ1v) is 10.9. The third-order valence-corrected chi connectivity index (χ3v) is 7.22. The maximum Gasteiger partial charge on any atom is 0.263 e. The summed E-state index contributed by atoms with van der Waals surface area (Å²) >= 11 is 1.28. The molecule has 2 aliphatic rings. The Bertz CT molecular complexity index is 919. The van der Waals surface area contributed by atoms with Gasteiger partial charge in [0.25, 0.3) is 5.91 Å². The molecule has 1 saturated carbocycles. The van der Waals surface area contributed by atoms with Crippen LogP contribution in [0.3, 0.4) is 0 Å². The largest absolute Gasteiger partial charge is 0.397 e. The van der Waals surface area contributed by atoms with E-state index in [9.17, 15) is 9.59 Å². The highest BCUT2D eigenvalue weighted by molar-refractivity contribution is 7.21. The van der Waals surface area contributed by atoms with Crippen molar-refractivity contribution in [3.8, 4) is 0 Å². The van der Waals surface area contributed by atoms with Crippen molar-refractivity contribution >= 4 is 39.1 Å². The lowest BCUT2D eigenvalue weighted by Crippen LogP contribution is -2.40. The summed E-state index contributed by atoms with van der Waals surface area (Å²) in [6.07, 6.45) is 6.33. The normalized spacial score (nSPS) is 20.6. The van der Waals surface area contributed by atoms with E-state index in [2.05, 4.69) is 15.5 Å². The molecule has 0 aromatic carbocycles. The van der Waals surface area contributed by atoms with E-state index in [1.165, 1.54) is 17.8 Å². The summed E-state index contributed by atoms with van der Waals surface area (Å²) in [7, 11) is 0. The number of nitrogens with zero attached hydrogens (tertiary/aromatic N) is 3. The number of hydrogen-bond acceptors (Lipinski definition) is 6. The zero-order chi connectivity index (χ0) is 19.8. The molecular weight excluding hydrogens is 374 g/mol. The van der Waals surface area contributed by atoms with E-state index in [-0.39, 0.29) is 23.8 Å². The van der Waals surface area contributed by atoms with Crippen LogP contribution in [0.15, 0.2) is 0 Å². The van der Waals surface area contributed by atoms with Crippen molar-refractivity contribution in [2.24, 2.45) is 5.92 Å². The van der Waals surface area contributed by atoms with E-state index in [1.807, 2.05) is 18.7 Å². The van der Waals surface area contributed by atoms with Gasteiger partial charge in [-0.05, 0) is 38.7 Å². The van der Waals surface area contributed by atoms with Crippen LogP contribution in [0.5, 0.6) is 0 Å². The molecule has 3 heterocycles. The second-order valence-electron chi connectivity index (χ2n) is 8.01. The minimum atomic E-state index is -0.186. The number of aromatic nitrogens is 2. The first-order chi connectivity index (χ1) is 13.5. The number of rotatable bonds is 3. The molecule has 2 aromatic rings. The van der Waals surface area contributed by atoms with Gasteiger partial charge < -0.3 is 16.0 Å². The van der Waals surface area contributed by atoms with E-state index in [0.29, 0.717) is 28.5 Å². The van der Waals surface area contributed by atoms with Gasteiger partial charge in [0, 0.05) is 30.4 Å². The summed E-state index contributed by atoms with van der Waals surface area (Å²) in [5.74, 6) is 0.250. The lowest BCUT2D eigenvalue weighted by Gasteiger charge is -2.26. The number of likely N-dealkylation sites (tertiary alicyclic amines) is 1. The van der Waals surface area contributed by atoms with E-state index in [4.69, 9.17) is 5.73 Å². The standard InChI is InChI=1S/C20H27N5O2S/c1-11-12(2)23-24-19-15(11)16(21)17(28-19)18(26)22-14-8-9-25(10-14)20(27)13-6-4-3-5-7-13/h13-14H,3-10,21H2,1-2H3,(H,22,26). The first-order valence-electron chi connectivity index (χ1n) is 10.1. The van der Waals surface area contributed by atoms with Gasteiger partial charge in [-0.3, -0.25) is 9.59 Å². The fourth-order valence-corrected chi connectivity index (χ4v) is 5.35. The molecule has 2 amide bonds. The summed E-state index contributed by atoms with van der Waals surface area (Å²) in [5, 5.41) is 12.2. The van der Waals surface area contributed by atoms with Crippen LogP contribution in [-0.4, -0.2) is 46.0 Å². The Morgan fingerprint density at radius 2 is 1.89 bits per heavy atom. The van der Waals surface area contributed by atoms with Gasteiger partial charge in [0.05, 0.1) is 11.4 Å². The molecule has 8 heteroatoms. The van der Waals surface area contributed by atoms with Crippen LogP contribution in [-0.2, 0) is 4.79 Å². The van der Waals surface area contributed by atoms with Gasteiger partial charge in [-0.15, -0.1) is 16.4 Å². The number of anilines is 1. The summed E-state index contributed by atoms with van der Waals surface area (Å²) in [6.45, 7) is 5.13. The smallest absolute Gasteiger partial charge is 0.263 e. The number of carbonyl (C=O) groups excluding carboxylic acids is 2. The van der Waals surface area contributed by atoms with Crippen molar-refractivity contribution in [2.45, 2.75) is 58.4 Å². The average Bonchev–Trinajstić information content (AvgIpc) is 3.30. The summed E-state index contributed by atoms with van der Waals surface area (Å²) in [4.78, 5) is 28.6. The van der Waals surface area contributed by atoms with Crippen LogP contribution in [0.1, 0.15) is 59.5 Å². The predicted molar refractivity (Wildman–Crippen MR) is 110 cm³/mol. The molecule has 1 unspecified atom stereocenters. The van der Waals surface area contributed by atoms with Crippen LogP contribution >= 0.6 is 11.3 Å². The Morgan fingerprint density at radius 1 is 1.14 bits per heavy atom. The van der Waals surface area contributed by atoms with Crippen LogP contribution in [0.25, 0.3) is 10.2 Å². The van der Waals surface area contributed by atoms with Gasteiger partial charge >= 0.3 is 0 Å². The third kappa shape index (κ3) is 3.45. The second kappa shape index (κ2) is 7.66. The maximum absolute atomic E-state index is 12.8. The number of nitrogen functional groups attached to an aromatic ring is 1. The van der Waals surface area contributed by atoms with E-state index in [1.54, 1.807) is 0 Å². The lowest BCUT2D eigenvalue weighted by molar-refractivity contribution is -0.135. The van der Waals surface area contributed by atoms with E-state index < -0.39 is 0 Å². The fraction of sp³-hybridized carbons (Fsp3) is 0.600. The number of hydrogen-bond donors (Lipinski definition) is 2. The molecule has 1 aliphatic heterocycles. The molecule has 3 N–H and O–H groups in total. The highest BCUT2D eigenvalue weighted by atomic mass is 32.1. The van der Waals surface area contributed by atoms with Crippen LogP contribution < -0.4 is 11.1 Å². The Kier molecular flexibility index (Phi) is 5.23. The van der Waals surface area contributed by atoms with Crippen molar-refractivity contribution in [1.29, 1.82) is 0 Å². The zero-order valence-electron chi connectivity index (χ0n) is 16.5. The van der Waals surface area contributed by atoms with Crippen LogP contribution in [0, 0.1) is 19.8 Å². The molecule has 4 rings (SSSR count). The molecule has 0 radical (unpaired) electrons. The van der Waals surface area contributed by atoms with E-state index in [0.717, 1.165) is 48.7 Å². The number of aryl methyl sites for hydroxylation is 2. The Hall–Kier alpha value is -2.22. The average molecular weight is 402 g/mol. The van der Waals surface area contributed by atoms with Gasteiger partial charge in [0.15, 0.2) is 0 Å². The maximum atomic E-state index is 12.8.